The SMILES string of the molecule is O=C(Nc1ccc(C2CC2)cc1)Nc1cc(-c2ccccc2-c2nnn[nH]2)ccc1N1CCC(F)(F)C1. The molecule has 6 rings (SSSR count). The van der Waals surface area contributed by atoms with Gasteiger partial charge in [0.05, 0.1) is 17.9 Å². The van der Waals surface area contributed by atoms with E-state index in [0.29, 0.717) is 28.8 Å². The van der Waals surface area contributed by atoms with Gasteiger partial charge in [-0.15, -0.1) is 5.10 Å². The van der Waals surface area contributed by atoms with Crippen LogP contribution in [0.4, 0.5) is 30.6 Å². The van der Waals surface area contributed by atoms with E-state index in [-0.39, 0.29) is 13.0 Å². The van der Waals surface area contributed by atoms with Gasteiger partial charge in [0.1, 0.15) is 0 Å². The molecule has 0 bridgehead atoms. The van der Waals surface area contributed by atoms with Crippen LogP contribution < -0.4 is 15.5 Å². The van der Waals surface area contributed by atoms with Crippen LogP contribution in [-0.2, 0) is 0 Å². The summed E-state index contributed by atoms with van der Waals surface area (Å²) >= 11 is 0. The van der Waals surface area contributed by atoms with Crippen LogP contribution in [0.3, 0.4) is 0 Å². The molecular formula is C27H25F2N7O. The molecule has 2 heterocycles. The second kappa shape index (κ2) is 9.27. The lowest BCUT2D eigenvalue weighted by Gasteiger charge is -2.23. The number of urea groups is 1. The summed E-state index contributed by atoms with van der Waals surface area (Å²) in [6, 6.07) is 20.4. The quantitative estimate of drug-likeness (QED) is 0.306. The number of carbonyl (C=O) groups excluding carboxylic acids is 1. The summed E-state index contributed by atoms with van der Waals surface area (Å²) in [4.78, 5) is 14.6. The van der Waals surface area contributed by atoms with Gasteiger partial charge in [-0.05, 0) is 70.1 Å². The highest BCUT2D eigenvalue weighted by atomic mass is 19.3. The van der Waals surface area contributed by atoms with E-state index in [4.69, 9.17) is 0 Å². The molecular weight excluding hydrogens is 476 g/mol. The standard InChI is InChI=1S/C27H25F2N7O/c28-27(29)13-14-36(16-27)24-12-9-19(21-3-1-2-4-22(21)25-32-34-35-33-25)15-23(24)31-26(37)30-20-10-7-18(8-11-20)17-5-6-17/h1-4,7-12,15,17H,5-6,13-14,16H2,(H2,30,31,37)(H,32,33,34,35). The summed E-state index contributed by atoms with van der Waals surface area (Å²) in [6.07, 6.45) is 2.19. The molecule has 0 radical (unpaired) electrons. The van der Waals surface area contributed by atoms with E-state index in [1.165, 1.54) is 18.4 Å². The number of nitrogens with one attached hydrogen (secondary N) is 3. The first-order chi connectivity index (χ1) is 17.9. The molecule has 1 aromatic heterocycles. The molecule has 1 saturated heterocycles. The van der Waals surface area contributed by atoms with Gasteiger partial charge in [-0.1, -0.05) is 42.5 Å². The van der Waals surface area contributed by atoms with Gasteiger partial charge in [-0.3, -0.25) is 0 Å². The van der Waals surface area contributed by atoms with E-state index in [2.05, 4.69) is 31.3 Å². The molecule has 1 saturated carbocycles. The van der Waals surface area contributed by atoms with Gasteiger partial charge in [0.15, 0.2) is 5.82 Å². The van der Waals surface area contributed by atoms with Gasteiger partial charge in [-0.2, -0.15) is 0 Å². The minimum absolute atomic E-state index is 0.200. The van der Waals surface area contributed by atoms with Gasteiger partial charge < -0.3 is 15.5 Å². The fourth-order valence-corrected chi connectivity index (χ4v) is 4.78. The maximum Gasteiger partial charge on any atom is 0.323 e. The molecule has 8 nitrogen and oxygen atoms in total. The molecule has 37 heavy (non-hydrogen) atoms. The number of H-pyrrole nitrogens is 1. The Morgan fingerprint density at radius 1 is 1.00 bits per heavy atom. The number of halogens is 2. The number of hydrogen-bond acceptors (Lipinski definition) is 5. The average Bonchev–Trinajstić information content (AvgIpc) is 3.47. The van der Waals surface area contributed by atoms with Gasteiger partial charge in [0, 0.05) is 24.2 Å². The average molecular weight is 502 g/mol. The summed E-state index contributed by atoms with van der Waals surface area (Å²) in [5.41, 5.74) is 5.31. The Balaban J connectivity index is 1.31. The summed E-state index contributed by atoms with van der Waals surface area (Å²) < 4.78 is 28.1. The van der Waals surface area contributed by atoms with Crippen molar-refractivity contribution in [3.05, 3.63) is 72.3 Å². The predicted molar refractivity (Wildman–Crippen MR) is 138 cm³/mol. The zero-order valence-corrected chi connectivity index (χ0v) is 19.9. The van der Waals surface area contributed by atoms with Crippen molar-refractivity contribution in [1.29, 1.82) is 0 Å². The largest absolute Gasteiger partial charge is 0.364 e. The van der Waals surface area contributed by atoms with Crippen molar-refractivity contribution in [2.75, 3.05) is 28.6 Å². The molecule has 0 atom stereocenters. The van der Waals surface area contributed by atoms with Crippen molar-refractivity contribution in [1.82, 2.24) is 20.6 Å². The van der Waals surface area contributed by atoms with Gasteiger partial charge >= 0.3 is 6.03 Å². The van der Waals surface area contributed by atoms with E-state index in [0.717, 1.165) is 16.7 Å². The highest BCUT2D eigenvalue weighted by molar-refractivity contribution is 6.02. The zero-order chi connectivity index (χ0) is 25.4. The molecule has 3 N–H and O–H groups in total. The van der Waals surface area contributed by atoms with Gasteiger partial charge in [-0.25, -0.2) is 18.7 Å². The van der Waals surface area contributed by atoms with Gasteiger partial charge in [0.2, 0.25) is 0 Å². The van der Waals surface area contributed by atoms with Crippen molar-refractivity contribution in [3.8, 4) is 22.5 Å². The third kappa shape index (κ3) is 5.00. The third-order valence-electron chi connectivity index (χ3n) is 6.81. The lowest BCUT2D eigenvalue weighted by molar-refractivity contribution is 0.0257. The predicted octanol–water partition coefficient (Wildman–Crippen LogP) is 5.90. The van der Waals surface area contributed by atoms with E-state index >= 15 is 0 Å². The summed E-state index contributed by atoms with van der Waals surface area (Å²) in [6.45, 7) is -0.197. The normalized spacial score (nSPS) is 16.5. The topological polar surface area (TPSA) is 98.8 Å². The number of tetrazole rings is 1. The first kappa shape index (κ1) is 23.1. The Kier molecular flexibility index (Phi) is 5.78. The van der Waals surface area contributed by atoms with Crippen molar-refractivity contribution in [2.45, 2.75) is 31.1 Å². The monoisotopic (exact) mass is 501 g/mol. The Morgan fingerprint density at radius 2 is 1.78 bits per heavy atom. The number of carbonyl (C=O) groups is 1. The molecule has 4 aromatic rings. The Bertz CT molecular complexity index is 1420. The van der Waals surface area contributed by atoms with Crippen LogP contribution in [0.2, 0.25) is 0 Å². The number of hydrogen-bond donors (Lipinski definition) is 3. The third-order valence-corrected chi connectivity index (χ3v) is 6.81. The smallest absolute Gasteiger partial charge is 0.323 e. The molecule has 1 aliphatic heterocycles. The number of aromatic nitrogens is 4. The van der Waals surface area contributed by atoms with Crippen LogP contribution in [0.5, 0.6) is 0 Å². The number of aromatic amines is 1. The Labute approximate surface area is 212 Å². The first-order valence-electron chi connectivity index (χ1n) is 12.2. The maximum atomic E-state index is 14.0. The molecule has 188 valence electrons. The fraction of sp³-hybridized carbons (Fsp3) is 0.259. The molecule has 2 fully saturated rings. The maximum absolute atomic E-state index is 14.0. The van der Waals surface area contributed by atoms with Crippen LogP contribution >= 0.6 is 0 Å². The van der Waals surface area contributed by atoms with Crippen molar-refractivity contribution in [2.24, 2.45) is 0 Å². The van der Waals surface area contributed by atoms with E-state index in [9.17, 15) is 13.6 Å². The first-order valence-corrected chi connectivity index (χ1v) is 12.2. The molecule has 1 aliphatic carbocycles. The zero-order valence-electron chi connectivity index (χ0n) is 19.9. The molecule has 2 amide bonds. The fourth-order valence-electron chi connectivity index (χ4n) is 4.78. The summed E-state index contributed by atoms with van der Waals surface area (Å²) in [7, 11) is 0. The Hall–Kier alpha value is -4.34. The number of nitrogens with zero attached hydrogens (tertiary/aromatic N) is 4. The van der Waals surface area contributed by atoms with Gasteiger partial charge in [0.25, 0.3) is 5.92 Å². The lowest BCUT2D eigenvalue weighted by atomic mass is 9.98. The van der Waals surface area contributed by atoms with Crippen LogP contribution in [-0.4, -0.2) is 45.7 Å². The minimum Gasteiger partial charge on any atom is -0.364 e. The molecule has 2 aliphatic rings. The minimum atomic E-state index is -2.77. The lowest BCUT2D eigenvalue weighted by Crippen LogP contribution is -2.27. The number of alkyl halides is 2. The van der Waals surface area contributed by atoms with E-state index in [1.54, 1.807) is 17.0 Å². The number of anilines is 3. The highest BCUT2D eigenvalue weighted by Gasteiger charge is 2.39. The van der Waals surface area contributed by atoms with Crippen molar-refractivity contribution < 1.29 is 13.6 Å². The van der Waals surface area contributed by atoms with E-state index < -0.39 is 18.5 Å². The highest BCUT2D eigenvalue weighted by Crippen LogP contribution is 2.41. The molecule has 0 spiro atoms. The number of amides is 2. The molecule has 10 heteroatoms. The van der Waals surface area contributed by atoms with Crippen molar-refractivity contribution in [3.63, 3.8) is 0 Å². The van der Waals surface area contributed by atoms with Crippen LogP contribution in [0.1, 0.15) is 30.7 Å². The van der Waals surface area contributed by atoms with E-state index in [1.807, 2.05) is 54.6 Å². The number of rotatable bonds is 6. The number of benzene rings is 3. The second-order valence-corrected chi connectivity index (χ2v) is 9.53. The second-order valence-electron chi connectivity index (χ2n) is 9.53. The molecule has 3 aromatic carbocycles. The van der Waals surface area contributed by atoms with Crippen LogP contribution in [0, 0.1) is 0 Å². The van der Waals surface area contributed by atoms with Crippen LogP contribution in [0.25, 0.3) is 22.5 Å². The summed E-state index contributed by atoms with van der Waals surface area (Å²) in [5, 5.41) is 19.9. The summed E-state index contributed by atoms with van der Waals surface area (Å²) in [5.74, 6) is -1.64. The molecule has 0 unspecified atom stereocenters. The Morgan fingerprint density at radius 3 is 2.46 bits per heavy atom. The van der Waals surface area contributed by atoms with Crippen LogP contribution in [0.15, 0.2) is 66.7 Å². The van der Waals surface area contributed by atoms with Crippen molar-refractivity contribution >= 4 is 23.1 Å².